The van der Waals surface area contributed by atoms with Crippen LogP contribution in [0.25, 0.3) is 10.9 Å². The third kappa shape index (κ3) is 15.4. The summed E-state index contributed by atoms with van der Waals surface area (Å²) >= 11 is 0. The minimum Gasteiger partial charge on any atom is -0.373 e. The van der Waals surface area contributed by atoms with Gasteiger partial charge in [0, 0.05) is 61.3 Å². The number of carbonyl (C=O) groups is 9. The maximum atomic E-state index is 14.7. The van der Waals surface area contributed by atoms with Crippen molar-refractivity contribution in [2.45, 2.75) is 120 Å². The number of aryl methyl sites for hydroxylation is 1. The van der Waals surface area contributed by atoms with E-state index in [1.165, 1.54) is 19.4 Å². The summed E-state index contributed by atoms with van der Waals surface area (Å²) in [5, 5.41) is 30.6. The van der Waals surface area contributed by atoms with Crippen molar-refractivity contribution in [1.82, 2.24) is 62.4 Å². The van der Waals surface area contributed by atoms with E-state index < -0.39 is 95.6 Å². The van der Waals surface area contributed by atoms with Gasteiger partial charge in [-0.05, 0) is 75.5 Å². The van der Waals surface area contributed by atoms with Crippen molar-refractivity contribution >= 4 is 70.0 Å². The second kappa shape index (κ2) is 26.3. The molecule has 0 unspecified atom stereocenters. The van der Waals surface area contributed by atoms with Crippen molar-refractivity contribution in [3.05, 3.63) is 90.1 Å². The Kier molecular flexibility index (Phi) is 19.6. The summed E-state index contributed by atoms with van der Waals surface area (Å²) in [6, 6.07) is 6.50. The van der Waals surface area contributed by atoms with Gasteiger partial charge in [0.15, 0.2) is 0 Å². The molecule has 15 N–H and O–H groups in total. The van der Waals surface area contributed by atoms with Crippen molar-refractivity contribution in [2.24, 2.45) is 11.5 Å². The molecule has 0 radical (unpaired) electrons. The van der Waals surface area contributed by atoms with Gasteiger partial charge in [-0.25, -0.2) is 9.78 Å². The maximum Gasteiger partial charge on any atom is 0.325 e. The number of aromatic nitrogens is 3. The summed E-state index contributed by atoms with van der Waals surface area (Å²) in [5.74, 6) is -5.97. The van der Waals surface area contributed by atoms with Crippen LogP contribution in [0, 0.1) is 5.41 Å². The maximum absolute atomic E-state index is 14.7. The van der Waals surface area contributed by atoms with Crippen molar-refractivity contribution in [2.75, 3.05) is 19.6 Å². The fourth-order valence-corrected chi connectivity index (χ4v) is 8.63. The minimum atomic E-state index is -1.42. The number of aromatic amines is 2. The SMILES string of the molecule is C[C@@H]1C(=O)N[C@@H](Cc2cnc[nH]2)C(=O)N[C@H](CCc2ccccc2)C(=O)N[C@@H](CCCNC(=N)CN)C(=O)N[C@@H](Cc2c[nH]c3ccccc23)C(=O)N[C@H](C(N)=O)CCCCNC(=O)CC[C@@H]2NC(=O)N1C2=O. The molecular weight excluding hydrogens is 943 g/mol. The number of H-pyrrole nitrogens is 2. The van der Waals surface area contributed by atoms with Crippen molar-refractivity contribution < 1.29 is 43.2 Å². The quantitative estimate of drug-likeness (QED) is 0.0329. The second-order valence-corrected chi connectivity index (χ2v) is 18.1. The number of imide groups is 1. The second-order valence-electron chi connectivity index (χ2n) is 18.1. The first-order valence-corrected chi connectivity index (χ1v) is 24.4. The van der Waals surface area contributed by atoms with Crippen LogP contribution in [0.3, 0.4) is 0 Å². The molecule has 0 aliphatic carbocycles. The molecule has 2 aromatic heterocycles. The summed E-state index contributed by atoms with van der Waals surface area (Å²) in [6.45, 7) is 1.61. The van der Waals surface area contributed by atoms with E-state index in [1.54, 1.807) is 6.20 Å². The Morgan fingerprint density at radius 3 is 2.14 bits per heavy atom. The molecule has 2 aromatic carbocycles. The molecule has 2 aliphatic heterocycles. The number of primary amides is 1. The molecule has 4 aromatic rings. The predicted octanol–water partition coefficient (Wildman–Crippen LogP) is -1.09. The lowest BCUT2D eigenvalue weighted by Gasteiger charge is -2.28. The molecule has 7 atom stereocenters. The summed E-state index contributed by atoms with van der Waals surface area (Å²) in [6.07, 6.45) is 5.31. The van der Waals surface area contributed by atoms with Gasteiger partial charge >= 0.3 is 6.03 Å². The van der Waals surface area contributed by atoms with Crippen molar-refractivity contribution in [3.8, 4) is 0 Å². The number of benzene rings is 2. The average Bonchev–Trinajstić information content (AvgIpc) is 4.12. The standard InChI is InChI=1S/C49H65N15O9/c1-28-43(67)61-39(23-31-26-53-27-57-31)47(71)60-36(17-16-29-10-3-2-4-11-29)45(69)59-35(15-9-21-54-40(51)24-50)44(68)62-38(22-30-25-56-33-13-6-5-12-32(30)33)46(70)58-34(42(52)66)14-7-8-20-55-41(65)19-18-37-48(72)64(28)49(73)63-37/h2-6,10-13,25-28,34-39,56H,7-9,14-24,50H2,1H3,(H2,51,54)(H2,52,66)(H,53,57)(H,55,65)(H,58,70)(H,59,69)(H,60,71)(H,61,67)(H,62,68)(H,63,73)/t28-,34+,35+,36-,37+,38+,39+/m1/s1. The number of hydrogen-bond acceptors (Lipinski definition) is 12. The van der Waals surface area contributed by atoms with E-state index in [2.05, 4.69) is 57.5 Å². The highest BCUT2D eigenvalue weighted by molar-refractivity contribution is 6.08. The van der Waals surface area contributed by atoms with Gasteiger partial charge in [0.2, 0.25) is 41.4 Å². The van der Waals surface area contributed by atoms with E-state index in [1.807, 2.05) is 54.6 Å². The fourth-order valence-electron chi connectivity index (χ4n) is 8.63. The van der Waals surface area contributed by atoms with Crippen LogP contribution < -0.4 is 54.0 Å². The van der Waals surface area contributed by atoms with E-state index in [0.29, 0.717) is 24.1 Å². The van der Waals surface area contributed by atoms with Crippen LogP contribution in [0.15, 0.2) is 73.3 Å². The van der Waals surface area contributed by atoms with Crippen LogP contribution in [0.4, 0.5) is 4.79 Å². The van der Waals surface area contributed by atoms with Crippen molar-refractivity contribution in [1.29, 1.82) is 5.41 Å². The van der Waals surface area contributed by atoms with E-state index in [4.69, 9.17) is 16.9 Å². The number of nitrogens with zero attached hydrogens (tertiary/aromatic N) is 2. The van der Waals surface area contributed by atoms with E-state index in [0.717, 1.165) is 21.4 Å². The number of fused-ring (bicyclic) bond motifs is 3. The van der Waals surface area contributed by atoms with E-state index in [9.17, 15) is 43.2 Å². The molecule has 0 saturated carbocycles. The number of amidine groups is 1. The molecule has 24 heteroatoms. The highest BCUT2D eigenvalue weighted by atomic mass is 16.2. The molecule has 24 nitrogen and oxygen atoms in total. The van der Waals surface area contributed by atoms with Gasteiger partial charge < -0.3 is 64.0 Å². The monoisotopic (exact) mass is 1010 g/mol. The number of para-hydroxylation sites is 1. The lowest BCUT2D eigenvalue weighted by Crippen LogP contribution is -2.60. The lowest BCUT2D eigenvalue weighted by atomic mass is 10.0. The molecule has 2 saturated heterocycles. The van der Waals surface area contributed by atoms with Crippen LogP contribution in [0.1, 0.15) is 75.1 Å². The summed E-state index contributed by atoms with van der Waals surface area (Å²) in [5.41, 5.74) is 14.1. The van der Waals surface area contributed by atoms with Gasteiger partial charge in [0.05, 0.1) is 12.9 Å². The normalized spacial score (nSPS) is 23.5. The average molecular weight is 1010 g/mol. The number of carbonyl (C=O) groups excluding carboxylic acids is 9. The molecule has 73 heavy (non-hydrogen) atoms. The smallest absolute Gasteiger partial charge is 0.325 e. The molecule has 2 fully saturated rings. The highest BCUT2D eigenvalue weighted by Gasteiger charge is 2.44. The number of nitrogens with two attached hydrogens (primary N) is 2. The molecular formula is C49H65N15O9. The molecule has 4 heterocycles. The van der Waals surface area contributed by atoms with Crippen LogP contribution in [0.2, 0.25) is 0 Å². The number of amides is 10. The Morgan fingerprint density at radius 1 is 0.767 bits per heavy atom. The number of nitrogens with one attached hydrogen (secondary N) is 11. The van der Waals surface area contributed by atoms with Gasteiger partial charge in [-0.2, -0.15) is 0 Å². The van der Waals surface area contributed by atoms with Crippen LogP contribution in [-0.4, -0.2) is 141 Å². The Bertz CT molecular complexity index is 2610. The third-order valence-electron chi connectivity index (χ3n) is 12.8. The number of urea groups is 1. The topological polar surface area (TPSA) is 373 Å². The molecule has 6 rings (SSSR count). The van der Waals surface area contributed by atoms with E-state index >= 15 is 0 Å². The van der Waals surface area contributed by atoms with Crippen LogP contribution >= 0.6 is 0 Å². The Hall–Kier alpha value is -8.15. The predicted molar refractivity (Wildman–Crippen MR) is 267 cm³/mol. The first-order valence-electron chi connectivity index (χ1n) is 24.4. The van der Waals surface area contributed by atoms with Crippen molar-refractivity contribution in [3.63, 3.8) is 0 Å². The zero-order valence-electron chi connectivity index (χ0n) is 40.6. The van der Waals surface area contributed by atoms with Crippen LogP contribution in [0.5, 0.6) is 0 Å². The molecule has 0 spiro atoms. The van der Waals surface area contributed by atoms with Gasteiger partial charge in [0.25, 0.3) is 5.91 Å². The Balaban J connectivity index is 1.34. The number of hydrogen-bond donors (Lipinski definition) is 13. The summed E-state index contributed by atoms with van der Waals surface area (Å²) in [7, 11) is 0. The third-order valence-corrected chi connectivity index (χ3v) is 12.8. The summed E-state index contributed by atoms with van der Waals surface area (Å²) < 4.78 is 0. The largest absolute Gasteiger partial charge is 0.373 e. The van der Waals surface area contributed by atoms with Crippen LogP contribution in [-0.2, 0) is 57.6 Å². The lowest BCUT2D eigenvalue weighted by molar-refractivity contribution is -0.137. The first kappa shape index (κ1) is 54.2. The Morgan fingerprint density at radius 2 is 1.42 bits per heavy atom. The Labute approximate surface area is 421 Å². The fraction of sp³-hybridized carbons (Fsp3) is 0.449. The molecule has 2 aliphatic rings. The molecule has 2 bridgehead atoms. The van der Waals surface area contributed by atoms with E-state index in [-0.39, 0.29) is 83.3 Å². The molecule has 390 valence electrons. The summed E-state index contributed by atoms with van der Waals surface area (Å²) in [4.78, 5) is 135. The highest BCUT2D eigenvalue weighted by Crippen LogP contribution is 2.20. The zero-order chi connectivity index (χ0) is 52.4. The number of imidazole rings is 1. The zero-order valence-corrected chi connectivity index (χ0v) is 40.6. The van der Waals surface area contributed by atoms with Gasteiger partial charge in [-0.15, -0.1) is 0 Å². The van der Waals surface area contributed by atoms with Gasteiger partial charge in [-0.3, -0.25) is 48.7 Å². The first-order chi connectivity index (χ1) is 35.1. The minimum absolute atomic E-state index is 0.00817. The molecule has 10 amide bonds. The number of rotatable bonds is 13. The van der Waals surface area contributed by atoms with Gasteiger partial charge in [-0.1, -0.05) is 48.5 Å². The van der Waals surface area contributed by atoms with Gasteiger partial charge in [0.1, 0.15) is 48.1 Å².